The van der Waals surface area contributed by atoms with Gasteiger partial charge in [-0.05, 0) is 25.7 Å². The molecule has 120 valence electrons. The predicted octanol–water partition coefficient (Wildman–Crippen LogP) is -0.0188. The van der Waals surface area contributed by atoms with E-state index in [0.29, 0.717) is 38.8 Å². The Morgan fingerprint density at radius 3 is 2.29 bits per heavy atom. The van der Waals surface area contributed by atoms with Gasteiger partial charge in [0.25, 0.3) is 0 Å². The summed E-state index contributed by atoms with van der Waals surface area (Å²) in [7, 11) is -3.28. The second kappa shape index (κ2) is 6.31. The monoisotopic (exact) mass is 318 g/mol. The van der Waals surface area contributed by atoms with E-state index in [1.54, 1.807) is 4.90 Å². The molecule has 0 bridgehead atoms. The summed E-state index contributed by atoms with van der Waals surface area (Å²) in [6.45, 7) is 1.48. The number of carboxylic acid groups (broad SMARTS) is 1. The molecule has 0 unspecified atom stereocenters. The SMILES string of the molecule is CS(=O)(=O)N1CCC[C@@H](C(=O)N2CCC[C@@H](C(=O)O)C2)C1. The lowest BCUT2D eigenvalue weighted by Gasteiger charge is -2.36. The van der Waals surface area contributed by atoms with E-state index in [1.165, 1.54) is 4.31 Å². The fraction of sp³-hybridized carbons (Fsp3) is 0.846. The average molecular weight is 318 g/mol. The second-order valence-electron chi connectivity index (χ2n) is 5.92. The number of hydrogen-bond donors (Lipinski definition) is 1. The number of carbonyl (C=O) groups excluding carboxylic acids is 1. The van der Waals surface area contributed by atoms with E-state index in [4.69, 9.17) is 5.11 Å². The van der Waals surface area contributed by atoms with Crippen molar-refractivity contribution in [1.82, 2.24) is 9.21 Å². The first-order valence-corrected chi connectivity index (χ1v) is 9.10. The van der Waals surface area contributed by atoms with Crippen LogP contribution in [0.25, 0.3) is 0 Å². The van der Waals surface area contributed by atoms with Gasteiger partial charge in [-0.3, -0.25) is 9.59 Å². The van der Waals surface area contributed by atoms with Crippen LogP contribution in [-0.4, -0.2) is 67.0 Å². The van der Waals surface area contributed by atoms with Gasteiger partial charge in [0.2, 0.25) is 15.9 Å². The molecule has 2 aliphatic rings. The van der Waals surface area contributed by atoms with Crippen LogP contribution in [0.15, 0.2) is 0 Å². The minimum Gasteiger partial charge on any atom is -0.481 e. The smallest absolute Gasteiger partial charge is 0.308 e. The van der Waals surface area contributed by atoms with E-state index < -0.39 is 21.9 Å². The minimum atomic E-state index is -3.28. The second-order valence-corrected chi connectivity index (χ2v) is 7.90. The summed E-state index contributed by atoms with van der Waals surface area (Å²) in [5.41, 5.74) is 0. The molecule has 2 saturated heterocycles. The summed E-state index contributed by atoms with van der Waals surface area (Å²) in [6, 6.07) is 0. The Morgan fingerprint density at radius 1 is 1.05 bits per heavy atom. The Hall–Kier alpha value is -1.15. The van der Waals surface area contributed by atoms with Gasteiger partial charge in [-0.2, -0.15) is 0 Å². The van der Waals surface area contributed by atoms with Gasteiger partial charge < -0.3 is 10.0 Å². The van der Waals surface area contributed by atoms with Gasteiger partial charge in [0.05, 0.1) is 18.1 Å². The summed E-state index contributed by atoms with van der Waals surface area (Å²) in [5.74, 6) is -1.82. The molecule has 0 spiro atoms. The van der Waals surface area contributed by atoms with Crippen molar-refractivity contribution in [3.05, 3.63) is 0 Å². The molecule has 0 radical (unpaired) electrons. The topological polar surface area (TPSA) is 95.0 Å². The molecule has 0 aromatic heterocycles. The van der Waals surface area contributed by atoms with Gasteiger partial charge in [0.1, 0.15) is 0 Å². The van der Waals surface area contributed by atoms with Crippen molar-refractivity contribution in [2.45, 2.75) is 25.7 Å². The van der Waals surface area contributed by atoms with Crippen molar-refractivity contribution in [3.8, 4) is 0 Å². The molecular weight excluding hydrogens is 296 g/mol. The molecule has 2 fully saturated rings. The number of carbonyl (C=O) groups is 2. The number of carboxylic acids is 1. The van der Waals surface area contributed by atoms with Gasteiger partial charge in [0, 0.05) is 26.2 Å². The molecule has 8 heteroatoms. The fourth-order valence-electron chi connectivity index (χ4n) is 3.08. The van der Waals surface area contributed by atoms with Crippen LogP contribution in [0.5, 0.6) is 0 Å². The van der Waals surface area contributed by atoms with Crippen LogP contribution >= 0.6 is 0 Å². The van der Waals surface area contributed by atoms with E-state index in [1.807, 2.05) is 0 Å². The van der Waals surface area contributed by atoms with Crippen molar-refractivity contribution < 1.29 is 23.1 Å². The van der Waals surface area contributed by atoms with Crippen LogP contribution < -0.4 is 0 Å². The highest BCUT2D eigenvalue weighted by atomic mass is 32.2. The van der Waals surface area contributed by atoms with Crippen LogP contribution in [-0.2, 0) is 19.6 Å². The normalized spacial score (nSPS) is 28.3. The zero-order valence-corrected chi connectivity index (χ0v) is 13.0. The Balaban J connectivity index is 2.00. The first-order chi connectivity index (χ1) is 9.79. The maximum absolute atomic E-state index is 12.5. The lowest BCUT2D eigenvalue weighted by atomic mass is 9.94. The van der Waals surface area contributed by atoms with Crippen molar-refractivity contribution >= 4 is 21.9 Å². The molecule has 1 amide bonds. The number of sulfonamides is 1. The molecule has 0 aliphatic carbocycles. The van der Waals surface area contributed by atoms with Gasteiger partial charge >= 0.3 is 5.97 Å². The van der Waals surface area contributed by atoms with E-state index in [0.717, 1.165) is 6.26 Å². The molecule has 2 atom stereocenters. The molecular formula is C13H22N2O5S. The third-order valence-electron chi connectivity index (χ3n) is 4.28. The van der Waals surface area contributed by atoms with Gasteiger partial charge in [-0.1, -0.05) is 0 Å². The zero-order valence-electron chi connectivity index (χ0n) is 12.2. The number of nitrogens with zero attached hydrogens (tertiary/aromatic N) is 2. The van der Waals surface area contributed by atoms with Gasteiger partial charge in [0.15, 0.2) is 0 Å². The molecule has 1 N–H and O–H groups in total. The lowest BCUT2D eigenvalue weighted by molar-refractivity contribution is -0.147. The molecule has 21 heavy (non-hydrogen) atoms. The maximum atomic E-state index is 12.5. The third kappa shape index (κ3) is 3.94. The number of rotatable bonds is 3. The van der Waals surface area contributed by atoms with E-state index in [9.17, 15) is 18.0 Å². The van der Waals surface area contributed by atoms with E-state index in [-0.39, 0.29) is 24.9 Å². The quantitative estimate of drug-likeness (QED) is 0.789. The maximum Gasteiger partial charge on any atom is 0.308 e. The summed E-state index contributed by atoms with van der Waals surface area (Å²) in [6.07, 6.45) is 3.77. The molecule has 7 nitrogen and oxygen atoms in total. The summed E-state index contributed by atoms with van der Waals surface area (Å²) in [4.78, 5) is 25.2. The van der Waals surface area contributed by atoms with Crippen molar-refractivity contribution in [3.63, 3.8) is 0 Å². The van der Waals surface area contributed by atoms with Gasteiger partial charge in [-0.15, -0.1) is 0 Å². The predicted molar refractivity (Wildman–Crippen MR) is 76.1 cm³/mol. The van der Waals surface area contributed by atoms with E-state index in [2.05, 4.69) is 0 Å². The Labute approximate surface area is 125 Å². The summed E-state index contributed by atoms with van der Waals surface area (Å²) < 4.78 is 24.5. The molecule has 0 aromatic carbocycles. The Kier molecular flexibility index (Phi) is 4.88. The molecule has 2 rings (SSSR count). The Bertz CT molecular complexity index is 519. The van der Waals surface area contributed by atoms with Crippen molar-refractivity contribution in [2.24, 2.45) is 11.8 Å². The first kappa shape index (κ1) is 16.2. The number of piperidine rings is 2. The summed E-state index contributed by atoms with van der Waals surface area (Å²) in [5, 5.41) is 9.07. The summed E-state index contributed by atoms with van der Waals surface area (Å²) >= 11 is 0. The molecule has 0 aromatic rings. The van der Waals surface area contributed by atoms with Crippen LogP contribution in [0.3, 0.4) is 0 Å². The van der Waals surface area contributed by atoms with Crippen LogP contribution in [0.2, 0.25) is 0 Å². The average Bonchev–Trinajstić information content (AvgIpc) is 2.46. The highest BCUT2D eigenvalue weighted by Crippen LogP contribution is 2.24. The number of likely N-dealkylation sites (tertiary alicyclic amines) is 1. The van der Waals surface area contributed by atoms with Crippen molar-refractivity contribution in [2.75, 3.05) is 32.4 Å². The number of aliphatic carboxylic acids is 1. The Morgan fingerprint density at radius 2 is 1.67 bits per heavy atom. The molecule has 2 heterocycles. The van der Waals surface area contributed by atoms with Crippen LogP contribution in [0.1, 0.15) is 25.7 Å². The van der Waals surface area contributed by atoms with Crippen molar-refractivity contribution in [1.29, 1.82) is 0 Å². The fourth-order valence-corrected chi connectivity index (χ4v) is 3.99. The van der Waals surface area contributed by atoms with Crippen LogP contribution in [0.4, 0.5) is 0 Å². The van der Waals surface area contributed by atoms with E-state index >= 15 is 0 Å². The first-order valence-electron chi connectivity index (χ1n) is 7.25. The minimum absolute atomic E-state index is 0.102. The molecule has 2 aliphatic heterocycles. The molecule has 0 saturated carbocycles. The number of hydrogen-bond acceptors (Lipinski definition) is 4. The lowest BCUT2D eigenvalue weighted by Crippen LogP contribution is -2.49. The third-order valence-corrected chi connectivity index (χ3v) is 5.55. The largest absolute Gasteiger partial charge is 0.481 e. The zero-order chi connectivity index (χ0) is 15.6. The standard InChI is InChI=1S/C13H22N2O5S/c1-21(19,20)15-7-3-4-10(9-15)12(16)14-6-2-5-11(8-14)13(17)18/h10-11H,2-9H2,1H3,(H,17,18)/t10-,11-/m1/s1. The highest BCUT2D eigenvalue weighted by Gasteiger charge is 2.35. The highest BCUT2D eigenvalue weighted by molar-refractivity contribution is 7.88. The van der Waals surface area contributed by atoms with Gasteiger partial charge in [-0.25, -0.2) is 12.7 Å². The van der Waals surface area contributed by atoms with Crippen LogP contribution in [0, 0.1) is 11.8 Å². The number of amides is 1.